The van der Waals surface area contributed by atoms with Gasteiger partial charge in [-0.2, -0.15) is 0 Å². The zero-order valence-electron chi connectivity index (χ0n) is 19.0. The molecule has 0 fully saturated rings. The number of hydrogen-bond acceptors (Lipinski definition) is 4. The molecule has 1 aromatic heterocycles. The number of imidazole rings is 1. The van der Waals surface area contributed by atoms with Crippen molar-refractivity contribution >= 4 is 23.0 Å². The molecule has 1 atom stereocenters. The van der Waals surface area contributed by atoms with Crippen molar-refractivity contribution < 1.29 is 23.9 Å². The minimum atomic E-state index is -2.22. The van der Waals surface area contributed by atoms with Gasteiger partial charge in [0.2, 0.25) is 0 Å². The molecule has 0 bridgehead atoms. The molecule has 8 nitrogen and oxygen atoms in total. The van der Waals surface area contributed by atoms with E-state index in [1.54, 1.807) is 9.13 Å². The molecule has 1 aliphatic rings. The Morgan fingerprint density at radius 2 is 1.83 bits per heavy atom. The Labute approximate surface area is 176 Å². The first-order chi connectivity index (χ1) is 15.5. The van der Waals surface area contributed by atoms with Gasteiger partial charge >= 0.3 is 17.6 Å². The first-order valence-corrected chi connectivity index (χ1v) is 9.21. The molecular weight excluding hydrogens is 387 g/mol. The quantitative estimate of drug-likeness (QED) is 0.433. The molecule has 0 spiro atoms. The fourth-order valence-corrected chi connectivity index (χ4v) is 3.49. The maximum atomic E-state index is 13.0. The van der Waals surface area contributed by atoms with Gasteiger partial charge < -0.3 is 15.5 Å². The van der Waals surface area contributed by atoms with Crippen LogP contribution in [0.15, 0.2) is 65.5 Å². The van der Waals surface area contributed by atoms with Crippen molar-refractivity contribution in [3.05, 3.63) is 82.3 Å². The predicted molar refractivity (Wildman–Crippen MR) is 113 cm³/mol. The van der Waals surface area contributed by atoms with Crippen LogP contribution < -0.4 is 11.0 Å². The molecule has 2 aromatic carbocycles. The molecule has 0 saturated carbocycles. The van der Waals surface area contributed by atoms with Crippen molar-refractivity contribution in [3.63, 3.8) is 0 Å². The summed E-state index contributed by atoms with van der Waals surface area (Å²) in [5.41, 5.74) is 3.80. The molecule has 3 aromatic rings. The van der Waals surface area contributed by atoms with Crippen molar-refractivity contribution in [2.24, 2.45) is 0 Å². The third-order valence-electron chi connectivity index (χ3n) is 4.75. The largest absolute Gasteiger partial charge is 0.478 e. The van der Waals surface area contributed by atoms with E-state index in [-0.39, 0.29) is 11.7 Å². The van der Waals surface area contributed by atoms with E-state index in [0.29, 0.717) is 31.7 Å². The average Bonchev–Trinajstić information content (AvgIpc) is 3.00. The van der Waals surface area contributed by atoms with E-state index in [1.165, 1.54) is 0 Å². The van der Waals surface area contributed by atoms with Crippen molar-refractivity contribution in [3.8, 4) is 0 Å². The molecule has 156 valence electrons. The summed E-state index contributed by atoms with van der Waals surface area (Å²) in [5, 5.41) is 18.3. The number of likely N-dealkylation sites (N-methyl/N-ethyl adjacent to an activating group) is 1. The van der Waals surface area contributed by atoms with E-state index in [9.17, 15) is 14.4 Å². The van der Waals surface area contributed by atoms with Gasteiger partial charge in [-0.25, -0.2) is 14.4 Å². The van der Waals surface area contributed by atoms with Gasteiger partial charge in [0.15, 0.2) is 0 Å². The fourth-order valence-electron chi connectivity index (χ4n) is 3.49. The highest BCUT2D eigenvalue weighted by Crippen LogP contribution is 2.24. The number of nitrogens with zero attached hydrogens (tertiary/aromatic N) is 2. The maximum Gasteiger partial charge on any atom is 0.329 e. The fraction of sp³-hybridized carbons (Fsp3) is 0.227. The molecule has 0 saturated heterocycles. The van der Waals surface area contributed by atoms with Crippen LogP contribution >= 0.6 is 0 Å². The van der Waals surface area contributed by atoms with Crippen LogP contribution in [0.25, 0.3) is 11.0 Å². The van der Waals surface area contributed by atoms with Gasteiger partial charge in [0.25, 0.3) is 0 Å². The third kappa shape index (κ3) is 4.66. The lowest BCUT2D eigenvalue weighted by Crippen LogP contribution is -2.39. The smallest absolute Gasteiger partial charge is 0.329 e. The van der Waals surface area contributed by atoms with Crippen LogP contribution in [0.4, 0.5) is 0 Å². The van der Waals surface area contributed by atoms with Crippen molar-refractivity contribution in [2.75, 3.05) is 6.98 Å². The number of para-hydroxylation sites is 1. The first-order valence-electron chi connectivity index (χ1n) is 10.7. The van der Waals surface area contributed by atoms with E-state index in [0.717, 1.165) is 22.2 Å². The maximum absolute atomic E-state index is 13.0. The molecule has 8 heteroatoms. The van der Waals surface area contributed by atoms with Crippen LogP contribution in [0, 0.1) is 0 Å². The number of rotatable bonds is 5. The number of aromatic nitrogens is 2. The summed E-state index contributed by atoms with van der Waals surface area (Å²) in [6, 6.07) is 15.4. The minimum Gasteiger partial charge on any atom is -0.478 e. The number of hydrogen-bond donors (Lipinski definition) is 3. The second-order valence-electron chi connectivity index (χ2n) is 6.80. The van der Waals surface area contributed by atoms with Crippen LogP contribution in [0.5, 0.6) is 0 Å². The second kappa shape index (κ2) is 9.23. The summed E-state index contributed by atoms with van der Waals surface area (Å²) in [7, 11) is 0. The summed E-state index contributed by atoms with van der Waals surface area (Å²) < 4.78 is 25.8. The molecule has 30 heavy (non-hydrogen) atoms. The third-order valence-corrected chi connectivity index (χ3v) is 4.75. The Morgan fingerprint density at radius 1 is 1.13 bits per heavy atom. The normalized spacial score (nSPS) is 16.9. The van der Waals surface area contributed by atoms with E-state index >= 15 is 0 Å². The molecule has 4 rings (SSSR count). The van der Waals surface area contributed by atoms with Crippen LogP contribution in [0.2, 0.25) is 0 Å². The monoisotopic (exact) mass is 413 g/mol. The van der Waals surface area contributed by atoms with Crippen molar-refractivity contribution in [1.29, 1.82) is 0 Å². The van der Waals surface area contributed by atoms with Gasteiger partial charge in [0, 0.05) is 28.9 Å². The van der Waals surface area contributed by atoms with Crippen LogP contribution in [-0.2, 0) is 29.1 Å². The lowest BCUT2D eigenvalue weighted by atomic mass is 10.0. The van der Waals surface area contributed by atoms with Gasteiger partial charge in [-0.3, -0.25) is 9.13 Å². The highest BCUT2D eigenvalue weighted by molar-refractivity contribution is 5.89. The molecule has 0 aliphatic carbocycles. The minimum absolute atomic E-state index is 0.0941. The van der Waals surface area contributed by atoms with Crippen molar-refractivity contribution in [2.45, 2.75) is 25.6 Å². The lowest BCUT2D eigenvalue weighted by molar-refractivity contribution is -0.134. The second-order valence-corrected chi connectivity index (χ2v) is 6.80. The zero-order valence-corrected chi connectivity index (χ0v) is 16.0. The molecule has 2 heterocycles. The van der Waals surface area contributed by atoms with Crippen molar-refractivity contribution in [1.82, 2.24) is 14.5 Å². The summed E-state index contributed by atoms with van der Waals surface area (Å²) in [6.07, 6.45) is 1.72. The number of benzene rings is 2. The standard InChI is InChI=1S/C18H19N3O.C4H4O4/c1-19-15-10-14-8-5-9-16-17(14)21(12-15)18(22)20(16)11-13-6-3-2-4-7-13;5-3(6)1-2-4(7)8/h2-9,15,19H,10-12H2,1H3;1-2H,(H,5,6)(H,7,8)/b;2-1-/t15-;/m1./s1/i1+1D3;. The van der Waals surface area contributed by atoms with Crippen LogP contribution in [0.1, 0.15) is 15.2 Å². The topological polar surface area (TPSA) is 114 Å². The SMILES string of the molecule is O=C(O)/C=C\C(=O)O.[2H][13C]([2H])([2H])N[C@@H]1Cc2cccc3c2n(c(=O)n3Cc2ccccc2)C1. The van der Waals surface area contributed by atoms with Gasteiger partial charge in [0.1, 0.15) is 0 Å². The highest BCUT2D eigenvalue weighted by Gasteiger charge is 2.24. The first kappa shape index (κ1) is 17.2. The number of carboxylic acids is 2. The molecule has 1 aliphatic heterocycles. The number of carboxylic acid groups (broad SMARTS) is 2. The van der Waals surface area contributed by atoms with E-state index in [2.05, 4.69) is 5.32 Å². The summed E-state index contributed by atoms with van der Waals surface area (Å²) in [4.78, 5) is 32.1. The number of carbonyl (C=O) groups is 2. The lowest BCUT2D eigenvalue weighted by Gasteiger charge is -2.22. The predicted octanol–water partition coefficient (Wildman–Crippen LogP) is 1.71. The summed E-state index contributed by atoms with van der Waals surface area (Å²) in [5.74, 6) is -2.51. The van der Waals surface area contributed by atoms with E-state index in [1.807, 2.05) is 48.5 Å². The highest BCUT2D eigenvalue weighted by atomic mass is 16.4. The van der Waals surface area contributed by atoms with Gasteiger partial charge in [0.05, 0.1) is 17.6 Å². The number of nitrogens with one attached hydrogen (secondary N) is 1. The molecule has 0 amide bonds. The number of aliphatic carboxylic acids is 2. The average molecular weight is 413 g/mol. The van der Waals surface area contributed by atoms with Crippen LogP contribution in [-0.4, -0.2) is 44.3 Å². The Balaban J connectivity index is 0.000000331. The Morgan fingerprint density at radius 3 is 2.47 bits per heavy atom. The molecule has 3 N–H and O–H groups in total. The van der Waals surface area contributed by atoms with Gasteiger partial charge in [-0.05, 0) is 30.6 Å². The summed E-state index contributed by atoms with van der Waals surface area (Å²) >= 11 is 0. The van der Waals surface area contributed by atoms with Gasteiger partial charge in [-0.15, -0.1) is 0 Å². The Hall–Kier alpha value is -3.65. The van der Waals surface area contributed by atoms with Crippen LogP contribution in [0.3, 0.4) is 0 Å². The molecule has 0 unspecified atom stereocenters. The zero-order chi connectivity index (χ0) is 24.2. The molecule has 0 radical (unpaired) electrons. The summed E-state index contributed by atoms with van der Waals surface area (Å²) in [6.45, 7) is -1.34. The van der Waals surface area contributed by atoms with Gasteiger partial charge in [-0.1, -0.05) is 42.5 Å². The van der Waals surface area contributed by atoms with E-state index in [4.69, 9.17) is 14.3 Å². The van der Waals surface area contributed by atoms with E-state index < -0.39 is 18.9 Å². The molecular formula is C22H23N3O5. The Bertz CT molecular complexity index is 1230. The Kier molecular flexibility index (Phi) is 5.30.